The van der Waals surface area contributed by atoms with Crippen LogP contribution >= 0.6 is 0 Å². The van der Waals surface area contributed by atoms with Crippen LogP contribution in [0, 0.1) is 17.1 Å². The van der Waals surface area contributed by atoms with E-state index in [4.69, 9.17) is 10.4 Å². The first-order chi connectivity index (χ1) is 10.7. The molecule has 23 heavy (non-hydrogen) atoms. The lowest BCUT2D eigenvalue weighted by Crippen LogP contribution is -2.15. The highest BCUT2D eigenvalue weighted by atomic mass is 32.2. The van der Waals surface area contributed by atoms with Crippen LogP contribution in [-0.4, -0.2) is 24.6 Å². The number of rotatable bonds is 4. The Morgan fingerprint density at radius 1 is 1.22 bits per heavy atom. The Hall–Kier alpha value is -3.12. The van der Waals surface area contributed by atoms with E-state index in [2.05, 4.69) is 0 Å². The van der Waals surface area contributed by atoms with Gasteiger partial charge in [0.25, 0.3) is 10.0 Å². The Morgan fingerprint density at radius 3 is 2.43 bits per heavy atom. The summed E-state index contributed by atoms with van der Waals surface area (Å²) in [4.78, 5) is 10.1. The largest absolute Gasteiger partial charge is 0.507 e. The number of benzene rings is 2. The number of halogens is 1. The third kappa shape index (κ3) is 3.38. The maximum absolute atomic E-state index is 13.8. The molecule has 0 amide bonds. The van der Waals surface area contributed by atoms with Crippen molar-refractivity contribution in [2.75, 3.05) is 4.72 Å². The lowest BCUT2D eigenvalue weighted by Gasteiger charge is -2.10. The fourth-order valence-corrected chi connectivity index (χ4v) is 2.88. The normalized spacial score (nSPS) is 10.8. The molecule has 0 saturated heterocycles. The number of hydrogen-bond acceptors (Lipinski definition) is 5. The summed E-state index contributed by atoms with van der Waals surface area (Å²) in [5, 5.41) is 26.9. The molecular weight excluding hydrogens is 327 g/mol. The number of carbonyl (C=O) groups is 1. The second-order valence-corrected chi connectivity index (χ2v) is 6.05. The van der Waals surface area contributed by atoms with E-state index in [9.17, 15) is 22.7 Å². The fourth-order valence-electron chi connectivity index (χ4n) is 1.77. The average molecular weight is 336 g/mol. The molecule has 0 saturated carbocycles. The molecule has 0 aliphatic carbocycles. The molecule has 0 spiro atoms. The van der Waals surface area contributed by atoms with Crippen molar-refractivity contribution in [1.29, 1.82) is 5.26 Å². The van der Waals surface area contributed by atoms with Gasteiger partial charge in [0.1, 0.15) is 22.0 Å². The molecule has 2 aromatic carbocycles. The average Bonchev–Trinajstić information content (AvgIpc) is 2.45. The Labute approximate surface area is 130 Å². The van der Waals surface area contributed by atoms with Crippen molar-refractivity contribution in [1.82, 2.24) is 0 Å². The molecule has 0 bridgehead atoms. The van der Waals surface area contributed by atoms with E-state index >= 15 is 0 Å². The Balaban J connectivity index is 2.37. The van der Waals surface area contributed by atoms with E-state index in [1.165, 1.54) is 0 Å². The van der Waals surface area contributed by atoms with Crippen molar-refractivity contribution in [3.05, 3.63) is 53.3 Å². The minimum Gasteiger partial charge on any atom is -0.507 e. The number of nitriles is 1. The zero-order chi connectivity index (χ0) is 17.2. The molecule has 2 aromatic rings. The lowest BCUT2D eigenvalue weighted by atomic mass is 10.2. The number of nitrogens with one attached hydrogen (secondary N) is 1. The van der Waals surface area contributed by atoms with Gasteiger partial charge in [-0.15, -0.1) is 0 Å². The molecule has 0 unspecified atom stereocenters. The van der Waals surface area contributed by atoms with E-state index in [0.29, 0.717) is 0 Å². The number of aromatic hydroxyl groups is 1. The van der Waals surface area contributed by atoms with Gasteiger partial charge >= 0.3 is 5.97 Å². The molecule has 3 N–H and O–H groups in total. The van der Waals surface area contributed by atoms with Gasteiger partial charge in [-0.25, -0.2) is 17.6 Å². The predicted molar refractivity (Wildman–Crippen MR) is 77.0 cm³/mol. The maximum Gasteiger partial charge on any atom is 0.339 e. The minimum atomic E-state index is -4.31. The van der Waals surface area contributed by atoms with Crippen LogP contribution in [0.2, 0.25) is 0 Å². The summed E-state index contributed by atoms with van der Waals surface area (Å²) in [5.74, 6) is -3.13. The smallest absolute Gasteiger partial charge is 0.339 e. The molecule has 2 rings (SSSR count). The zero-order valence-corrected chi connectivity index (χ0v) is 12.1. The lowest BCUT2D eigenvalue weighted by molar-refractivity contribution is 0.0694. The number of aromatic carboxylic acids is 1. The highest BCUT2D eigenvalue weighted by Gasteiger charge is 2.20. The Bertz CT molecular complexity index is 935. The molecule has 0 heterocycles. The molecule has 7 nitrogen and oxygen atoms in total. The summed E-state index contributed by atoms with van der Waals surface area (Å²) < 4.78 is 40.0. The van der Waals surface area contributed by atoms with Gasteiger partial charge in [-0.2, -0.15) is 5.26 Å². The van der Waals surface area contributed by atoms with Crippen LogP contribution in [0.25, 0.3) is 0 Å². The summed E-state index contributed by atoms with van der Waals surface area (Å²) in [5.41, 5.74) is -0.585. The van der Waals surface area contributed by atoms with Crippen molar-refractivity contribution < 1.29 is 27.8 Å². The molecular formula is C14H9FN2O5S. The Kier molecular flexibility index (Phi) is 4.20. The first-order valence-corrected chi connectivity index (χ1v) is 7.51. The van der Waals surface area contributed by atoms with Crippen molar-refractivity contribution in [3.8, 4) is 11.8 Å². The molecule has 0 radical (unpaired) electrons. The number of anilines is 1. The minimum absolute atomic E-state index is 0.0371. The third-order valence-electron chi connectivity index (χ3n) is 2.83. The van der Waals surface area contributed by atoms with Crippen LogP contribution in [0.3, 0.4) is 0 Å². The molecule has 0 aliphatic rings. The summed E-state index contributed by atoms with van der Waals surface area (Å²) in [6, 6.07) is 7.54. The molecule has 0 aromatic heterocycles. The van der Waals surface area contributed by atoms with Gasteiger partial charge in [0, 0.05) is 6.07 Å². The van der Waals surface area contributed by atoms with Crippen LogP contribution in [-0.2, 0) is 10.0 Å². The summed E-state index contributed by atoms with van der Waals surface area (Å²) in [6.07, 6.45) is 0. The van der Waals surface area contributed by atoms with Crippen molar-refractivity contribution in [3.63, 3.8) is 0 Å². The second kappa shape index (κ2) is 5.94. The van der Waals surface area contributed by atoms with Gasteiger partial charge in [0.05, 0.1) is 17.3 Å². The summed E-state index contributed by atoms with van der Waals surface area (Å²) in [6.45, 7) is 0. The van der Waals surface area contributed by atoms with Gasteiger partial charge in [0.2, 0.25) is 0 Å². The second-order valence-electron chi connectivity index (χ2n) is 4.40. The summed E-state index contributed by atoms with van der Waals surface area (Å²) in [7, 11) is -4.31. The summed E-state index contributed by atoms with van der Waals surface area (Å²) >= 11 is 0. The first-order valence-electron chi connectivity index (χ1n) is 6.03. The quantitative estimate of drug-likeness (QED) is 0.782. The number of carboxylic acids is 1. The number of sulfonamides is 1. The van der Waals surface area contributed by atoms with E-state index in [1.807, 2.05) is 4.72 Å². The van der Waals surface area contributed by atoms with Gasteiger partial charge < -0.3 is 10.2 Å². The van der Waals surface area contributed by atoms with Gasteiger partial charge in [-0.3, -0.25) is 4.72 Å². The van der Waals surface area contributed by atoms with Gasteiger partial charge in [-0.05, 0) is 30.3 Å². The number of hydrogen-bond donors (Lipinski definition) is 3. The van der Waals surface area contributed by atoms with Crippen molar-refractivity contribution in [2.24, 2.45) is 0 Å². The number of carboxylic acid groups (broad SMARTS) is 1. The van der Waals surface area contributed by atoms with E-state index in [0.717, 1.165) is 36.4 Å². The Morgan fingerprint density at radius 2 is 1.91 bits per heavy atom. The van der Waals surface area contributed by atoms with E-state index in [-0.39, 0.29) is 11.3 Å². The number of nitrogens with zero attached hydrogens (tertiary/aromatic N) is 1. The standard InChI is InChI=1S/C14H9FN2O5S/c15-11-5-8(7-16)1-4-13(11)23(21,22)17-9-2-3-10(14(19)20)12(18)6-9/h1-6,17-18H,(H,19,20). The topological polar surface area (TPSA) is 127 Å². The molecule has 9 heteroatoms. The predicted octanol–water partition coefficient (Wildman–Crippen LogP) is 1.90. The SMILES string of the molecule is N#Cc1ccc(S(=O)(=O)Nc2ccc(C(=O)O)c(O)c2)c(F)c1. The van der Waals surface area contributed by atoms with Crippen molar-refractivity contribution >= 4 is 21.7 Å². The molecule has 0 atom stereocenters. The van der Waals surface area contributed by atoms with Crippen LogP contribution < -0.4 is 4.72 Å². The van der Waals surface area contributed by atoms with Crippen LogP contribution in [0.4, 0.5) is 10.1 Å². The van der Waals surface area contributed by atoms with E-state index < -0.39 is 38.0 Å². The van der Waals surface area contributed by atoms with Crippen LogP contribution in [0.1, 0.15) is 15.9 Å². The number of phenols is 1. The van der Waals surface area contributed by atoms with Crippen LogP contribution in [0.15, 0.2) is 41.3 Å². The van der Waals surface area contributed by atoms with Crippen molar-refractivity contribution in [2.45, 2.75) is 4.90 Å². The monoisotopic (exact) mass is 336 g/mol. The first kappa shape index (κ1) is 16.3. The highest BCUT2D eigenvalue weighted by molar-refractivity contribution is 7.92. The molecule has 118 valence electrons. The molecule has 0 fully saturated rings. The highest BCUT2D eigenvalue weighted by Crippen LogP contribution is 2.25. The maximum atomic E-state index is 13.8. The third-order valence-corrected chi connectivity index (χ3v) is 4.25. The zero-order valence-electron chi connectivity index (χ0n) is 11.3. The van der Waals surface area contributed by atoms with Gasteiger partial charge in [0.15, 0.2) is 0 Å². The van der Waals surface area contributed by atoms with E-state index in [1.54, 1.807) is 6.07 Å². The van der Waals surface area contributed by atoms with Gasteiger partial charge in [-0.1, -0.05) is 0 Å². The van der Waals surface area contributed by atoms with Crippen LogP contribution in [0.5, 0.6) is 5.75 Å². The molecule has 0 aliphatic heterocycles. The fraction of sp³-hybridized carbons (Fsp3) is 0.